The van der Waals surface area contributed by atoms with Crippen molar-refractivity contribution >= 4 is 22.8 Å². The third-order valence-electron chi connectivity index (χ3n) is 2.47. The molecule has 4 nitrogen and oxygen atoms in total. The molecule has 0 aromatic carbocycles. The number of aromatic nitrogens is 1. The zero-order chi connectivity index (χ0) is 13.7. The van der Waals surface area contributed by atoms with Crippen LogP contribution in [0.15, 0.2) is 29.6 Å². The van der Waals surface area contributed by atoms with Gasteiger partial charge in [-0.05, 0) is 29.5 Å². The van der Waals surface area contributed by atoms with Gasteiger partial charge in [0.2, 0.25) is 5.88 Å². The predicted octanol–water partition coefficient (Wildman–Crippen LogP) is 3.37. The van der Waals surface area contributed by atoms with Crippen molar-refractivity contribution in [3.8, 4) is 5.88 Å². The predicted molar refractivity (Wildman–Crippen MR) is 80.6 cm³/mol. The summed E-state index contributed by atoms with van der Waals surface area (Å²) < 4.78 is 5.60. The highest BCUT2D eigenvalue weighted by atomic mass is 32.1. The minimum absolute atomic E-state index is 0.448. The Morgan fingerprint density at radius 3 is 2.89 bits per heavy atom. The standard InChI is InChI=1S/C14H19N3OS/c1-10(2)9-18-14-12(15)5-6-13(17-14)16-8-11-4-3-7-19-11/h3-7,10H,8-9,15H2,1-2H3,(H,16,17). The first-order chi connectivity index (χ1) is 9.15. The van der Waals surface area contributed by atoms with E-state index in [-0.39, 0.29) is 0 Å². The van der Waals surface area contributed by atoms with Gasteiger partial charge in [0, 0.05) is 4.88 Å². The molecule has 0 spiro atoms. The van der Waals surface area contributed by atoms with Crippen molar-refractivity contribution < 1.29 is 4.74 Å². The molecule has 2 aromatic rings. The van der Waals surface area contributed by atoms with Crippen LogP contribution in [0.2, 0.25) is 0 Å². The number of nitrogen functional groups attached to an aromatic ring is 1. The van der Waals surface area contributed by atoms with Gasteiger partial charge in [0.25, 0.3) is 0 Å². The lowest BCUT2D eigenvalue weighted by molar-refractivity contribution is 0.263. The molecule has 19 heavy (non-hydrogen) atoms. The summed E-state index contributed by atoms with van der Waals surface area (Å²) in [5.41, 5.74) is 6.42. The third-order valence-corrected chi connectivity index (χ3v) is 3.34. The van der Waals surface area contributed by atoms with Crippen LogP contribution in [0.3, 0.4) is 0 Å². The molecule has 0 aliphatic rings. The van der Waals surface area contributed by atoms with Crippen LogP contribution in [0.1, 0.15) is 18.7 Å². The Kier molecular flexibility index (Phi) is 4.63. The highest BCUT2D eigenvalue weighted by molar-refractivity contribution is 7.09. The molecule has 0 atom stereocenters. The summed E-state index contributed by atoms with van der Waals surface area (Å²) in [5.74, 6) is 1.73. The van der Waals surface area contributed by atoms with Crippen LogP contribution in [0, 0.1) is 5.92 Å². The van der Waals surface area contributed by atoms with E-state index in [1.54, 1.807) is 11.3 Å². The van der Waals surface area contributed by atoms with E-state index in [0.29, 0.717) is 24.1 Å². The Bertz CT molecular complexity index is 511. The van der Waals surface area contributed by atoms with Crippen molar-refractivity contribution in [2.24, 2.45) is 5.92 Å². The summed E-state index contributed by atoms with van der Waals surface area (Å²) in [5, 5.41) is 5.33. The number of anilines is 2. The molecule has 2 aromatic heterocycles. The zero-order valence-electron chi connectivity index (χ0n) is 11.2. The zero-order valence-corrected chi connectivity index (χ0v) is 12.0. The monoisotopic (exact) mass is 277 g/mol. The number of nitrogens with zero attached hydrogens (tertiary/aromatic N) is 1. The second-order valence-electron chi connectivity index (χ2n) is 4.73. The molecule has 0 bridgehead atoms. The quantitative estimate of drug-likeness (QED) is 0.850. The maximum absolute atomic E-state index is 5.85. The largest absolute Gasteiger partial charge is 0.476 e. The van der Waals surface area contributed by atoms with Gasteiger partial charge in [-0.3, -0.25) is 0 Å². The molecule has 0 saturated carbocycles. The van der Waals surface area contributed by atoms with Crippen LogP contribution in [0.4, 0.5) is 11.5 Å². The van der Waals surface area contributed by atoms with Gasteiger partial charge in [0.1, 0.15) is 5.82 Å². The average molecular weight is 277 g/mol. The molecule has 102 valence electrons. The van der Waals surface area contributed by atoms with E-state index in [9.17, 15) is 0 Å². The lowest BCUT2D eigenvalue weighted by Gasteiger charge is -2.11. The summed E-state index contributed by atoms with van der Waals surface area (Å²) in [6.45, 7) is 5.56. The van der Waals surface area contributed by atoms with E-state index in [1.807, 2.05) is 18.2 Å². The first kappa shape index (κ1) is 13.7. The Labute approximate surface area is 117 Å². The molecule has 3 N–H and O–H groups in total. The maximum atomic E-state index is 5.85. The van der Waals surface area contributed by atoms with Gasteiger partial charge in [-0.15, -0.1) is 11.3 Å². The molecular weight excluding hydrogens is 258 g/mol. The van der Waals surface area contributed by atoms with E-state index in [4.69, 9.17) is 10.5 Å². The Morgan fingerprint density at radius 1 is 1.37 bits per heavy atom. The lowest BCUT2D eigenvalue weighted by atomic mass is 10.2. The number of thiophene rings is 1. The summed E-state index contributed by atoms with van der Waals surface area (Å²) >= 11 is 1.72. The first-order valence-electron chi connectivity index (χ1n) is 6.30. The van der Waals surface area contributed by atoms with E-state index in [2.05, 4.69) is 35.6 Å². The number of hydrogen-bond acceptors (Lipinski definition) is 5. The number of ether oxygens (including phenoxy) is 1. The van der Waals surface area contributed by atoms with Crippen molar-refractivity contribution in [2.75, 3.05) is 17.7 Å². The second-order valence-corrected chi connectivity index (χ2v) is 5.76. The van der Waals surface area contributed by atoms with E-state index in [1.165, 1.54) is 4.88 Å². The van der Waals surface area contributed by atoms with Crippen LogP contribution in [0.5, 0.6) is 5.88 Å². The van der Waals surface area contributed by atoms with Crippen molar-refractivity contribution in [3.63, 3.8) is 0 Å². The Balaban J connectivity index is 1.99. The number of nitrogens with one attached hydrogen (secondary N) is 1. The molecule has 0 amide bonds. The fraction of sp³-hybridized carbons (Fsp3) is 0.357. The van der Waals surface area contributed by atoms with Gasteiger partial charge >= 0.3 is 0 Å². The molecular formula is C14H19N3OS. The SMILES string of the molecule is CC(C)COc1nc(NCc2cccs2)ccc1N. The number of rotatable bonds is 6. The van der Waals surface area contributed by atoms with Crippen LogP contribution < -0.4 is 15.8 Å². The summed E-state index contributed by atoms with van der Waals surface area (Å²) in [4.78, 5) is 5.66. The average Bonchev–Trinajstić information content (AvgIpc) is 2.89. The second kappa shape index (κ2) is 6.43. The third kappa shape index (κ3) is 4.13. The minimum Gasteiger partial charge on any atom is -0.476 e. The van der Waals surface area contributed by atoms with Crippen LogP contribution in [-0.2, 0) is 6.54 Å². The molecule has 0 aliphatic heterocycles. The van der Waals surface area contributed by atoms with Gasteiger partial charge in [0.15, 0.2) is 0 Å². The maximum Gasteiger partial charge on any atom is 0.239 e. The Morgan fingerprint density at radius 2 is 2.21 bits per heavy atom. The van der Waals surface area contributed by atoms with Crippen molar-refractivity contribution in [1.29, 1.82) is 0 Å². The van der Waals surface area contributed by atoms with Gasteiger partial charge in [0.05, 0.1) is 18.8 Å². The summed E-state index contributed by atoms with van der Waals surface area (Å²) in [6.07, 6.45) is 0. The summed E-state index contributed by atoms with van der Waals surface area (Å²) in [7, 11) is 0. The molecule has 5 heteroatoms. The molecule has 0 saturated heterocycles. The number of nitrogens with two attached hydrogens (primary N) is 1. The highest BCUT2D eigenvalue weighted by Gasteiger charge is 2.05. The number of hydrogen-bond donors (Lipinski definition) is 2. The molecule has 0 aliphatic carbocycles. The van der Waals surface area contributed by atoms with Crippen LogP contribution in [0.25, 0.3) is 0 Å². The van der Waals surface area contributed by atoms with E-state index >= 15 is 0 Å². The molecule has 0 radical (unpaired) electrons. The lowest BCUT2D eigenvalue weighted by Crippen LogP contribution is -2.09. The van der Waals surface area contributed by atoms with E-state index < -0.39 is 0 Å². The highest BCUT2D eigenvalue weighted by Crippen LogP contribution is 2.22. The molecule has 2 rings (SSSR count). The van der Waals surface area contributed by atoms with Crippen LogP contribution in [-0.4, -0.2) is 11.6 Å². The molecule has 2 heterocycles. The molecule has 0 fully saturated rings. The van der Waals surface area contributed by atoms with Gasteiger partial charge in [-0.1, -0.05) is 19.9 Å². The summed E-state index contributed by atoms with van der Waals surface area (Å²) in [6, 6.07) is 7.81. The van der Waals surface area contributed by atoms with Crippen molar-refractivity contribution in [2.45, 2.75) is 20.4 Å². The van der Waals surface area contributed by atoms with E-state index in [0.717, 1.165) is 12.4 Å². The number of pyridine rings is 1. The van der Waals surface area contributed by atoms with Crippen molar-refractivity contribution in [3.05, 3.63) is 34.5 Å². The smallest absolute Gasteiger partial charge is 0.239 e. The topological polar surface area (TPSA) is 60.2 Å². The normalized spacial score (nSPS) is 10.7. The minimum atomic E-state index is 0.448. The van der Waals surface area contributed by atoms with Crippen molar-refractivity contribution in [1.82, 2.24) is 4.98 Å². The van der Waals surface area contributed by atoms with Gasteiger partial charge in [-0.2, -0.15) is 4.98 Å². The fourth-order valence-corrected chi connectivity index (χ4v) is 2.15. The Hall–Kier alpha value is -1.75. The fourth-order valence-electron chi connectivity index (χ4n) is 1.50. The molecule has 0 unspecified atom stereocenters. The first-order valence-corrected chi connectivity index (χ1v) is 7.18. The van der Waals surface area contributed by atoms with Gasteiger partial charge < -0.3 is 15.8 Å². The van der Waals surface area contributed by atoms with Gasteiger partial charge in [-0.25, -0.2) is 0 Å². The van der Waals surface area contributed by atoms with Crippen LogP contribution >= 0.6 is 11.3 Å².